The maximum atomic E-state index is 11.2. The number of carbonyl (C=O) groups excluding carboxylic acids is 2. The molecule has 6 heteroatoms. The second-order valence-corrected chi connectivity index (χ2v) is 4.99. The van der Waals surface area contributed by atoms with E-state index in [4.69, 9.17) is 11.6 Å². The van der Waals surface area contributed by atoms with Gasteiger partial charge in [-0.15, -0.1) is 11.6 Å². The summed E-state index contributed by atoms with van der Waals surface area (Å²) in [7, 11) is 0. The largest absolute Gasteiger partial charge is 0.323 e. The molecule has 1 rings (SSSR count). The second-order valence-electron chi connectivity index (χ2n) is 2.84. The van der Waals surface area contributed by atoms with Crippen LogP contribution in [-0.2, 0) is 4.79 Å². The first-order valence-corrected chi connectivity index (χ1v) is 4.71. The molecule has 0 radical (unpaired) electrons. The van der Waals surface area contributed by atoms with Crippen molar-refractivity contribution in [1.29, 1.82) is 0 Å². The molecule has 1 aliphatic heterocycles. The molecule has 0 aliphatic carbocycles. The van der Waals surface area contributed by atoms with E-state index in [2.05, 4.69) is 26.6 Å². The van der Waals surface area contributed by atoms with Crippen LogP contribution in [0.4, 0.5) is 4.79 Å². The molecule has 4 nitrogen and oxygen atoms in total. The van der Waals surface area contributed by atoms with E-state index in [1.165, 1.54) is 0 Å². The fourth-order valence-corrected chi connectivity index (χ4v) is 1.99. The number of halogens is 2. The summed E-state index contributed by atoms with van der Waals surface area (Å²) in [5.74, 6) is -0.336. The van der Waals surface area contributed by atoms with E-state index in [0.717, 1.165) is 0 Å². The van der Waals surface area contributed by atoms with Crippen LogP contribution < -0.4 is 10.6 Å². The molecule has 1 saturated heterocycles. The van der Waals surface area contributed by atoms with E-state index in [9.17, 15) is 9.59 Å². The third kappa shape index (κ3) is 1.90. The molecule has 0 spiro atoms. The number of amides is 3. The number of urea groups is 1. The van der Waals surface area contributed by atoms with Crippen molar-refractivity contribution in [1.82, 2.24) is 10.6 Å². The highest BCUT2D eigenvalue weighted by Gasteiger charge is 2.42. The smallest absolute Gasteiger partial charge is 0.322 e. The summed E-state index contributed by atoms with van der Waals surface area (Å²) in [6, 6.07) is -0.465. The lowest BCUT2D eigenvalue weighted by Gasteiger charge is -2.20. The average molecular weight is 255 g/mol. The SMILES string of the molecule is CC1(CC(Cl)Br)NC(=O)NC1=O. The summed E-state index contributed by atoms with van der Waals surface area (Å²) < 4.78 is -0.327. The van der Waals surface area contributed by atoms with E-state index in [1.54, 1.807) is 6.92 Å². The summed E-state index contributed by atoms with van der Waals surface area (Å²) in [6.07, 6.45) is 0.353. The first-order valence-electron chi connectivity index (χ1n) is 3.36. The maximum Gasteiger partial charge on any atom is 0.322 e. The Kier molecular flexibility index (Phi) is 2.63. The molecular formula is C6H8BrClN2O2. The summed E-state index contributed by atoms with van der Waals surface area (Å²) in [5, 5.41) is 4.64. The number of hydrogen-bond donors (Lipinski definition) is 2. The Bertz CT molecular complexity index is 234. The number of nitrogens with one attached hydrogen (secondary N) is 2. The Balaban J connectivity index is 2.71. The van der Waals surface area contributed by atoms with Gasteiger partial charge in [-0.2, -0.15) is 0 Å². The van der Waals surface area contributed by atoms with Crippen LogP contribution in [0.5, 0.6) is 0 Å². The van der Waals surface area contributed by atoms with Crippen molar-refractivity contribution in [2.45, 2.75) is 23.2 Å². The normalized spacial score (nSPS) is 31.2. The van der Waals surface area contributed by atoms with Crippen molar-refractivity contribution >= 4 is 39.5 Å². The van der Waals surface area contributed by atoms with Gasteiger partial charge in [0.2, 0.25) is 0 Å². The number of alkyl halides is 2. The number of hydrogen-bond acceptors (Lipinski definition) is 2. The lowest BCUT2D eigenvalue weighted by molar-refractivity contribution is -0.123. The van der Waals surface area contributed by atoms with Gasteiger partial charge < -0.3 is 5.32 Å². The summed E-state index contributed by atoms with van der Waals surface area (Å²) in [6.45, 7) is 1.63. The third-order valence-electron chi connectivity index (χ3n) is 1.68. The van der Waals surface area contributed by atoms with E-state index >= 15 is 0 Å². The van der Waals surface area contributed by atoms with Gasteiger partial charge in [0.25, 0.3) is 5.91 Å². The van der Waals surface area contributed by atoms with Crippen LogP contribution in [0, 0.1) is 0 Å². The number of carbonyl (C=O) groups is 2. The predicted octanol–water partition coefficient (Wildman–Crippen LogP) is 0.934. The quantitative estimate of drug-likeness (QED) is 0.570. The fourth-order valence-electron chi connectivity index (χ4n) is 1.03. The van der Waals surface area contributed by atoms with Crippen molar-refractivity contribution < 1.29 is 9.59 Å². The Morgan fingerprint density at radius 2 is 2.25 bits per heavy atom. The lowest BCUT2D eigenvalue weighted by Crippen LogP contribution is -2.44. The molecule has 0 aromatic rings. The monoisotopic (exact) mass is 254 g/mol. The highest BCUT2D eigenvalue weighted by Crippen LogP contribution is 2.22. The minimum Gasteiger partial charge on any atom is -0.323 e. The molecule has 2 unspecified atom stereocenters. The minimum atomic E-state index is -0.882. The number of imide groups is 1. The molecule has 1 heterocycles. The molecule has 2 N–H and O–H groups in total. The summed E-state index contributed by atoms with van der Waals surface area (Å²) >= 11 is 8.75. The van der Waals surface area contributed by atoms with Crippen LogP contribution in [0.15, 0.2) is 0 Å². The van der Waals surface area contributed by atoms with Crippen molar-refractivity contribution in [3.05, 3.63) is 0 Å². The molecule has 68 valence electrons. The van der Waals surface area contributed by atoms with Crippen molar-refractivity contribution in [3.63, 3.8) is 0 Å². The molecule has 0 aromatic carbocycles. The van der Waals surface area contributed by atoms with Crippen LogP contribution in [0.2, 0.25) is 0 Å². The molecule has 1 aliphatic rings. The minimum absolute atomic E-state index is 0.327. The Hall–Kier alpha value is -0.290. The first kappa shape index (κ1) is 9.80. The van der Waals surface area contributed by atoms with Gasteiger partial charge in [0.05, 0.1) is 4.29 Å². The zero-order chi connectivity index (χ0) is 9.35. The zero-order valence-corrected chi connectivity index (χ0v) is 8.70. The summed E-state index contributed by atoms with van der Waals surface area (Å²) in [5.41, 5.74) is -0.882. The maximum absolute atomic E-state index is 11.2. The average Bonchev–Trinajstić information content (AvgIpc) is 2.04. The molecule has 0 saturated carbocycles. The van der Waals surface area contributed by atoms with Crippen molar-refractivity contribution in [2.24, 2.45) is 0 Å². The van der Waals surface area contributed by atoms with Crippen LogP contribution in [0.25, 0.3) is 0 Å². The highest BCUT2D eigenvalue weighted by atomic mass is 79.9. The molecule has 12 heavy (non-hydrogen) atoms. The highest BCUT2D eigenvalue weighted by molar-refractivity contribution is 9.10. The Morgan fingerprint density at radius 1 is 1.67 bits per heavy atom. The topological polar surface area (TPSA) is 58.2 Å². The van der Waals surface area contributed by atoms with Gasteiger partial charge >= 0.3 is 6.03 Å². The Morgan fingerprint density at radius 3 is 2.58 bits per heavy atom. The van der Waals surface area contributed by atoms with E-state index in [-0.39, 0.29) is 10.2 Å². The zero-order valence-electron chi connectivity index (χ0n) is 6.36. The van der Waals surface area contributed by atoms with E-state index in [0.29, 0.717) is 6.42 Å². The van der Waals surface area contributed by atoms with Gasteiger partial charge in [0.1, 0.15) is 5.54 Å². The molecular weight excluding hydrogens is 247 g/mol. The van der Waals surface area contributed by atoms with E-state index in [1.807, 2.05) is 0 Å². The lowest BCUT2D eigenvalue weighted by atomic mass is 10.00. The van der Waals surface area contributed by atoms with Crippen LogP contribution >= 0.6 is 27.5 Å². The van der Waals surface area contributed by atoms with Crippen LogP contribution in [0.3, 0.4) is 0 Å². The van der Waals surface area contributed by atoms with Gasteiger partial charge in [-0.3, -0.25) is 10.1 Å². The molecule has 0 bridgehead atoms. The van der Waals surface area contributed by atoms with Gasteiger partial charge in [0, 0.05) is 6.42 Å². The third-order valence-corrected chi connectivity index (χ3v) is 2.16. The van der Waals surface area contributed by atoms with Crippen LogP contribution in [-0.4, -0.2) is 21.8 Å². The predicted molar refractivity (Wildman–Crippen MR) is 48.3 cm³/mol. The van der Waals surface area contributed by atoms with Gasteiger partial charge in [-0.25, -0.2) is 4.79 Å². The van der Waals surface area contributed by atoms with Crippen LogP contribution in [0.1, 0.15) is 13.3 Å². The second kappa shape index (κ2) is 3.22. The van der Waals surface area contributed by atoms with Crippen molar-refractivity contribution in [2.75, 3.05) is 0 Å². The molecule has 0 aromatic heterocycles. The molecule has 2 atom stereocenters. The molecule has 1 fully saturated rings. The van der Waals surface area contributed by atoms with E-state index < -0.39 is 11.6 Å². The fraction of sp³-hybridized carbons (Fsp3) is 0.667. The van der Waals surface area contributed by atoms with Gasteiger partial charge in [-0.1, -0.05) is 15.9 Å². The van der Waals surface area contributed by atoms with Crippen molar-refractivity contribution in [3.8, 4) is 0 Å². The van der Waals surface area contributed by atoms with Gasteiger partial charge in [-0.05, 0) is 6.92 Å². The molecule has 3 amide bonds. The number of rotatable bonds is 2. The van der Waals surface area contributed by atoms with Gasteiger partial charge in [0.15, 0.2) is 0 Å². The first-order chi connectivity index (χ1) is 5.44. The Labute approximate surface area is 83.2 Å². The standard InChI is InChI=1S/C6H8BrClN2O2/c1-6(2-3(7)8)4(11)9-5(12)10-6/h3H,2H2,1H3,(H2,9,10,11,12). The summed E-state index contributed by atoms with van der Waals surface area (Å²) in [4.78, 5) is 21.9.